The normalized spacial score (nSPS) is 24.7. The summed E-state index contributed by atoms with van der Waals surface area (Å²) in [7, 11) is 0. The van der Waals surface area contributed by atoms with Crippen LogP contribution in [0.1, 0.15) is 27.7 Å². The number of carboxylic acid groups (broad SMARTS) is 1. The Morgan fingerprint density at radius 2 is 1.78 bits per heavy atom. The Balaban J connectivity index is 2.86. The fraction of sp³-hybridized carbons (Fsp3) is 0.750. The largest absolute Gasteiger partial charge is 0.481 e. The zero-order valence-electron chi connectivity index (χ0n) is 11.1. The first-order valence-corrected chi connectivity index (χ1v) is 5.92. The van der Waals surface area contributed by atoms with Crippen LogP contribution < -0.4 is 5.73 Å². The van der Waals surface area contributed by atoms with Gasteiger partial charge in [-0.3, -0.25) is 14.4 Å². The number of rotatable bonds is 5. The first-order chi connectivity index (χ1) is 8.10. The van der Waals surface area contributed by atoms with Crippen LogP contribution in [0.3, 0.4) is 0 Å². The second-order valence-corrected chi connectivity index (χ2v) is 5.64. The van der Waals surface area contributed by atoms with Crippen LogP contribution in [0.15, 0.2) is 0 Å². The average molecular weight is 256 g/mol. The van der Waals surface area contributed by atoms with Crippen molar-refractivity contribution in [1.82, 2.24) is 4.90 Å². The van der Waals surface area contributed by atoms with Gasteiger partial charge in [-0.25, -0.2) is 0 Å². The summed E-state index contributed by atoms with van der Waals surface area (Å²) in [6.07, 6.45) is 0. The number of carbonyl (C=O) groups excluding carboxylic acids is 2. The summed E-state index contributed by atoms with van der Waals surface area (Å²) in [5.41, 5.74) is 4.54. The lowest BCUT2D eigenvalue weighted by Gasteiger charge is -2.26. The number of primary amides is 1. The van der Waals surface area contributed by atoms with Gasteiger partial charge >= 0.3 is 5.97 Å². The van der Waals surface area contributed by atoms with Crippen LogP contribution in [0, 0.1) is 17.3 Å². The molecular weight excluding hydrogens is 236 g/mol. The standard InChI is InChI=1S/C12H20N2O4/c1-6(2)14(5-7(13)15)10(16)8-9(11(17)18)12(8,3)4/h6,8-9H,5H2,1-4H3,(H2,13,15)(H,17,18). The maximum atomic E-state index is 12.3. The first-order valence-electron chi connectivity index (χ1n) is 5.92. The van der Waals surface area contributed by atoms with E-state index in [0.717, 1.165) is 0 Å². The van der Waals surface area contributed by atoms with Crippen LogP contribution >= 0.6 is 0 Å². The summed E-state index contributed by atoms with van der Waals surface area (Å²) in [5, 5.41) is 9.05. The molecule has 18 heavy (non-hydrogen) atoms. The molecule has 2 unspecified atom stereocenters. The molecule has 6 heteroatoms. The van der Waals surface area contributed by atoms with Crippen molar-refractivity contribution < 1.29 is 19.5 Å². The van der Waals surface area contributed by atoms with E-state index in [2.05, 4.69) is 0 Å². The van der Waals surface area contributed by atoms with Gasteiger partial charge in [0.1, 0.15) is 0 Å². The smallest absolute Gasteiger partial charge is 0.307 e. The number of carboxylic acids is 1. The van der Waals surface area contributed by atoms with E-state index in [1.807, 2.05) is 0 Å². The van der Waals surface area contributed by atoms with E-state index in [-0.39, 0.29) is 18.5 Å². The fourth-order valence-corrected chi connectivity index (χ4v) is 2.42. The Morgan fingerprint density at radius 1 is 1.28 bits per heavy atom. The Bertz CT molecular complexity index is 386. The molecule has 1 aliphatic carbocycles. The number of amides is 2. The lowest BCUT2D eigenvalue weighted by atomic mass is 10.1. The molecule has 0 aromatic carbocycles. The minimum absolute atomic E-state index is 0.171. The molecule has 0 heterocycles. The highest BCUT2D eigenvalue weighted by atomic mass is 16.4. The number of carbonyl (C=O) groups is 3. The van der Waals surface area contributed by atoms with Crippen molar-refractivity contribution in [2.45, 2.75) is 33.7 Å². The monoisotopic (exact) mass is 256 g/mol. The van der Waals surface area contributed by atoms with Gasteiger partial charge in [-0.15, -0.1) is 0 Å². The Hall–Kier alpha value is -1.59. The van der Waals surface area contributed by atoms with Crippen molar-refractivity contribution in [1.29, 1.82) is 0 Å². The third-order valence-electron chi connectivity index (χ3n) is 3.59. The summed E-state index contributed by atoms with van der Waals surface area (Å²) in [6.45, 7) is 6.86. The number of aliphatic carboxylic acids is 1. The van der Waals surface area contributed by atoms with Gasteiger partial charge in [-0.05, 0) is 19.3 Å². The number of hydrogen-bond donors (Lipinski definition) is 2. The van der Waals surface area contributed by atoms with E-state index >= 15 is 0 Å². The molecule has 3 N–H and O–H groups in total. The Labute approximate surface area is 106 Å². The van der Waals surface area contributed by atoms with Crippen molar-refractivity contribution in [2.24, 2.45) is 23.0 Å². The van der Waals surface area contributed by atoms with Gasteiger partial charge in [0.05, 0.1) is 18.4 Å². The highest BCUT2D eigenvalue weighted by Gasteiger charge is 2.66. The summed E-state index contributed by atoms with van der Waals surface area (Å²) < 4.78 is 0. The molecule has 0 aromatic heterocycles. The number of hydrogen-bond acceptors (Lipinski definition) is 3. The SMILES string of the molecule is CC(C)N(CC(N)=O)C(=O)C1C(C(=O)O)C1(C)C. The van der Waals surface area contributed by atoms with Crippen LogP contribution in [0.5, 0.6) is 0 Å². The van der Waals surface area contributed by atoms with E-state index in [0.29, 0.717) is 0 Å². The third kappa shape index (κ3) is 2.47. The zero-order chi connectivity index (χ0) is 14.2. The molecule has 1 rings (SSSR count). The van der Waals surface area contributed by atoms with E-state index in [4.69, 9.17) is 10.8 Å². The van der Waals surface area contributed by atoms with Gasteiger partial charge in [-0.2, -0.15) is 0 Å². The summed E-state index contributed by atoms with van der Waals surface area (Å²) in [6, 6.07) is -0.184. The van der Waals surface area contributed by atoms with Crippen LogP contribution in [0.2, 0.25) is 0 Å². The molecule has 0 bridgehead atoms. The summed E-state index contributed by atoms with van der Waals surface area (Å²) >= 11 is 0. The van der Waals surface area contributed by atoms with Crippen LogP contribution in [-0.4, -0.2) is 40.4 Å². The van der Waals surface area contributed by atoms with Gasteiger partial charge in [0.15, 0.2) is 0 Å². The van der Waals surface area contributed by atoms with Gasteiger partial charge in [0, 0.05) is 6.04 Å². The number of nitrogens with two attached hydrogens (primary N) is 1. The molecule has 1 saturated carbocycles. The van der Waals surface area contributed by atoms with Crippen LogP contribution in [0.25, 0.3) is 0 Å². The van der Waals surface area contributed by atoms with E-state index < -0.39 is 29.1 Å². The zero-order valence-corrected chi connectivity index (χ0v) is 11.1. The molecule has 102 valence electrons. The summed E-state index contributed by atoms with van der Waals surface area (Å²) in [5.74, 6) is -3.12. The highest BCUT2D eigenvalue weighted by molar-refractivity contribution is 5.93. The molecular formula is C12H20N2O4. The molecule has 0 spiro atoms. The highest BCUT2D eigenvalue weighted by Crippen LogP contribution is 2.59. The van der Waals surface area contributed by atoms with Gasteiger partial charge in [-0.1, -0.05) is 13.8 Å². The molecule has 2 atom stereocenters. The quantitative estimate of drug-likeness (QED) is 0.726. The topological polar surface area (TPSA) is 101 Å². The average Bonchev–Trinajstić information content (AvgIpc) is 2.76. The van der Waals surface area contributed by atoms with Crippen molar-refractivity contribution in [3.63, 3.8) is 0 Å². The maximum Gasteiger partial charge on any atom is 0.307 e. The van der Waals surface area contributed by atoms with E-state index in [1.165, 1.54) is 4.90 Å². The second kappa shape index (κ2) is 4.59. The third-order valence-corrected chi connectivity index (χ3v) is 3.59. The van der Waals surface area contributed by atoms with E-state index in [9.17, 15) is 14.4 Å². The molecule has 1 fully saturated rings. The fourth-order valence-electron chi connectivity index (χ4n) is 2.42. The first kappa shape index (κ1) is 14.5. The molecule has 2 amide bonds. The molecule has 6 nitrogen and oxygen atoms in total. The van der Waals surface area contributed by atoms with Crippen LogP contribution in [0.4, 0.5) is 0 Å². The number of nitrogens with zero attached hydrogens (tertiary/aromatic N) is 1. The molecule has 1 aliphatic rings. The maximum absolute atomic E-state index is 12.3. The van der Waals surface area contributed by atoms with Gasteiger partial charge in [0.25, 0.3) is 0 Å². The predicted octanol–water partition coefficient (Wildman–Crippen LogP) is 0.0655. The second-order valence-electron chi connectivity index (χ2n) is 5.64. The lowest BCUT2D eigenvalue weighted by Crippen LogP contribution is -2.44. The van der Waals surface area contributed by atoms with Crippen LogP contribution in [-0.2, 0) is 14.4 Å². The van der Waals surface area contributed by atoms with Crippen molar-refractivity contribution in [3.05, 3.63) is 0 Å². The van der Waals surface area contributed by atoms with Crippen molar-refractivity contribution >= 4 is 17.8 Å². The summed E-state index contributed by atoms with van der Waals surface area (Å²) in [4.78, 5) is 35.6. The molecule has 0 aromatic rings. The van der Waals surface area contributed by atoms with E-state index in [1.54, 1.807) is 27.7 Å². The predicted molar refractivity (Wildman–Crippen MR) is 64.4 cm³/mol. The molecule has 0 saturated heterocycles. The Morgan fingerprint density at radius 3 is 2.06 bits per heavy atom. The molecule has 0 aliphatic heterocycles. The van der Waals surface area contributed by atoms with Gasteiger partial charge in [0.2, 0.25) is 11.8 Å². The van der Waals surface area contributed by atoms with Crippen molar-refractivity contribution in [2.75, 3.05) is 6.54 Å². The molecule has 0 radical (unpaired) electrons. The van der Waals surface area contributed by atoms with Gasteiger partial charge < -0.3 is 15.7 Å². The lowest BCUT2D eigenvalue weighted by molar-refractivity contribution is -0.143. The Kier molecular flexibility index (Phi) is 3.69. The minimum Gasteiger partial charge on any atom is -0.481 e. The van der Waals surface area contributed by atoms with Crippen molar-refractivity contribution in [3.8, 4) is 0 Å². The minimum atomic E-state index is -0.971.